The van der Waals surface area contributed by atoms with Crippen molar-refractivity contribution in [1.82, 2.24) is 14.9 Å². The molecule has 1 amide bonds. The molecule has 0 fully saturated rings. The Morgan fingerprint density at radius 1 is 1.11 bits per heavy atom. The quantitative estimate of drug-likeness (QED) is 0.687. The van der Waals surface area contributed by atoms with Crippen LogP contribution in [0.2, 0.25) is 0 Å². The molecule has 3 rings (SSSR count). The third-order valence-corrected chi connectivity index (χ3v) is 4.44. The second-order valence-electron chi connectivity index (χ2n) is 6.55. The van der Waals surface area contributed by atoms with Crippen LogP contribution >= 0.6 is 0 Å². The van der Waals surface area contributed by atoms with Gasteiger partial charge in [0.25, 0.3) is 5.56 Å². The second-order valence-corrected chi connectivity index (χ2v) is 6.55. The molecular weight excluding hydrogens is 354 g/mol. The van der Waals surface area contributed by atoms with Crippen LogP contribution < -0.4 is 15.6 Å². The van der Waals surface area contributed by atoms with Crippen LogP contribution in [-0.2, 0) is 17.8 Å². The Morgan fingerprint density at radius 3 is 2.46 bits per heavy atom. The predicted molar refractivity (Wildman–Crippen MR) is 108 cm³/mol. The molecule has 0 aliphatic carbocycles. The molecule has 0 atom stereocenters. The number of rotatable bonds is 7. The van der Waals surface area contributed by atoms with E-state index in [4.69, 9.17) is 4.74 Å². The zero-order chi connectivity index (χ0) is 19.9. The van der Waals surface area contributed by atoms with Gasteiger partial charge in [-0.05, 0) is 31.0 Å². The molecule has 2 aromatic carbocycles. The lowest BCUT2D eigenvalue weighted by molar-refractivity contribution is -0.121. The van der Waals surface area contributed by atoms with Crippen molar-refractivity contribution < 1.29 is 9.53 Å². The highest BCUT2D eigenvalue weighted by Gasteiger charge is 2.07. The number of hydrogen-bond donors (Lipinski definition) is 1. The fourth-order valence-corrected chi connectivity index (χ4v) is 2.78. The Hall–Kier alpha value is -3.41. The first-order chi connectivity index (χ1) is 13.5. The number of methoxy groups -OCH3 is 1. The van der Waals surface area contributed by atoms with Crippen LogP contribution in [0, 0.1) is 6.92 Å². The zero-order valence-electron chi connectivity index (χ0n) is 16.0. The van der Waals surface area contributed by atoms with E-state index < -0.39 is 0 Å². The van der Waals surface area contributed by atoms with E-state index in [1.54, 1.807) is 7.11 Å². The minimum atomic E-state index is -0.254. The highest BCUT2D eigenvalue weighted by atomic mass is 16.5. The maximum Gasteiger partial charge on any atom is 0.254 e. The third kappa shape index (κ3) is 5.07. The van der Waals surface area contributed by atoms with Crippen molar-refractivity contribution in [3.63, 3.8) is 0 Å². The summed E-state index contributed by atoms with van der Waals surface area (Å²) in [4.78, 5) is 28.7. The Bertz CT molecular complexity index is 993. The number of amides is 1. The molecule has 28 heavy (non-hydrogen) atoms. The Kier molecular flexibility index (Phi) is 6.22. The van der Waals surface area contributed by atoms with Crippen LogP contribution in [0.15, 0.2) is 65.7 Å². The molecule has 1 aromatic heterocycles. The number of carbonyl (C=O) groups is 1. The molecule has 1 N–H and O–H groups in total. The number of ether oxygens (including phenoxy) is 1. The van der Waals surface area contributed by atoms with E-state index in [0.717, 1.165) is 22.4 Å². The van der Waals surface area contributed by atoms with Gasteiger partial charge < -0.3 is 10.1 Å². The highest BCUT2D eigenvalue weighted by molar-refractivity contribution is 5.75. The minimum absolute atomic E-state index is 0.0530. The average Bonchev–Trinajstić information content (AvgIpc) is 2.70. The van der Waals surface area contributed by atoms with Crippen molar-refractivity contribution in [2.45, 2.75) is 19.9 Å². The molecule has 1 heterocycles. The molecule has 0 saturated carbocycles. The van der Waals surface area contributed by atoms with Gasteiger partial charge in [0.15, 0.2) is 0 Å². The number of aromatic nitrogens is 2. The maximum absolute atomic E-state index is 12.3. The molecule has 0 aliphatic heterocycles. The van der Waals surface area contributed by atoms with E-state index in [1.807, 2.05) is 55.5 Å². The number of hydrogen-bond acceptors (Lipinski definition) is 4. The van der Waals surface area contributed by atoms with E-state index in [0.29, 0.717) is 18.7 Å². The first-order valence-corrected chi connectivity index (χ1v) is 9.08. The predicted octanol–water partition coefficient (Wildman–Crippen LogP) is 2.59. The van der Waals surface area contributed by atoms with Crippen LogP contribution in [-0.4, -0.2) is 29.1 Å². The largest absolute Gasteiger partial charge is 0.497 e. The summed E-state index contributed by atoms with van der Waals surface area (Å²) in [5, 5.41) is 2.83. The summed E-state index contributed by atoms with van der Waals surface area (Å²) in [6.07, 6.45) is 2.12. The summed E-state index contributed by atoms with van der Waals surface area (Å²) in [6.45, 7) is 2.44. The van der Waals surface area contributed by atoms with Crippen molar-refractivity contribution in [2.24, 2.45) is 0 Å². The summed E-state index contributed by atoms with van der Waals surface area (Å²) in [7, 11) is 1.62. The van der Waals surface area contributed by atoms with Crippen molar-refractivity contribution >= 4 is 5.91 Å². The van der Waals surface area contributed by atoms with Gasteiger partial charge in [0.2, 0.25) is 5.91 Å². The van der Waals surface area contributed by atoms with Gasteiger partial charge in [-0.2, -0.15) is 0 Å². The molecule has 0 bridgehead atoms. The fraction of sp³-hybridized carbons (Fsp3) is 0.227. The highest BCUT2D eigenvalue weighted by Crippen LogP contribution is 2.15. The topological polar surface area (TPSA) is 73.2 Å². The van der Waals surface area contributed by atoms with Gasteiger partial charge in [-0.1, -0.05) is 42.0 Å². The lowest BCUT2D eigenvalue weighted by Crippen LogP contribution is -2.33. The summed E-state index contributed by atoms with van der Waals surface area (Å²) in [5.41, 5.74) is 3.46. The lowest BCUT2D eigenvalue weighted by Gasteiger charge is -2.08. The first kappa shape index (κ1) is 19.4. The van der Waals surface area contributed by atoms with Crippen LogP contribution in [0.1, 0.15) is 11.1 Å². The zero-order valence-corrected chi connectivity index (χ0v) is 16.0. The number of nitrogens with one attached hydrogen (secondary N) is 1. The summed E-state index contributed by atoms with van der Waals surface area (Å²) in [6, 6.07) is 16.9. The standard InChI is InChI=1S/C22H23N3O3/c1-16-3-7-18(8-4-16)20-13-22(27)25(15-24-20)14-21(26)23-12-11-17-5-9-19(28-2)10-6-17/h3-10,13,15H,11-12,14H2,1-2H3,(H,23,26). The monoisotopic (exact) mass is 377 g/mol. The van der Waals surface area contributed by atoms with Crippen molar-refractivity contribution in [2.75, 3.05) is 13.7 Å². The summed E-state index contributed by atoms with van der Waals surface area (Å²) >= 11 is 0. The molecule has 3 aromatic rings. The molecule has 6 heteroatoms. The van der Waals surface area contributed by atoms with Gasteiger partial charge in [0.1, 0.15) is 12.3 Å². The molecule has 0 aliphatic rings. The smallest absolute Gasteiger partial charge is 0.254 e. The number of nitrogens with zero attached hydrogens (tertiary/aromatic N) is 2. The van der Waals surface area contributed by atoms with Gasteiger partial charge >= 0.3 is 0 Å². The molecule has 0 saturated heterocycles. The van der Waals surface area contributed by atoms with Gasteiger partial charge in [-0.15, -0.1) is 0 Å². The van der Waals surface area contributed by atoms with E-state index >= 15 is 0 Å². The summed E-state index contributed by atoms with van der Waals surface area (Å²) in [5.74, 6) is 0.578. The molecule has 6 nitrogen and oxygen atoms in total. The van der Waals surface area contributed by atoms with E-state index in [2.05, 4.69) is 10.3 Å². The Morgan fingerprint density at radius 2 is 1.82 bits per heavy atom. The number of benzene rings is 2. The average molecular weight is 377 g/mol. The molecule has 0 unspecified atom stereocenters. The minimum Gasteiger partial charge on any atom is -0.497 e. The van der Waals surface area contributed by atoms with Gasteiger partial charge in [-0.3, -0.25) is 14.2 Å². The Labute approximate surface area is 163 Å². The van der Waals surface area contributed by atoms with Crippen LogP contribution in [0.5, 0.6) is 5.75 Å². The Balaban J connectivity index is 1.54. The normalized spacial score (nSPS) is 10.5. The van der Waals surface area contributed by atoms with Crippen molar-refractivity contribution in [3.8, 4) is 17.0 Å². The maximum atomic E-state index is 12.3. The van der Waals surface area contributed by atoms with Crippen molar-refractivity contribution in [1.29, 1.82) is 0 Å². The third-order valence-electron chi connectivity index (χ3n) is 4.44. The van der Waals surface area contributed by atoms with Gasteiger partial charge in [0, 0.05) is 18.2 Å². The number of carbonyl (C=O) groups excluding carboxylic acids is 1. The van der Waals surface area contributed by atoms with E-state index in [1.165, 1.54) is 17.0 Å². The van der Waals surface area contributed by atoms with Gasteiger partial charge in [0.05, 0.1) is 19.1 Å². The lowest BCUT2D eigenvalue weighted by atomic mass is 10.1. The second kappa shape index (κ2) is 8.99. The molecular formula is C22H23N3O3. The molecule has 144 valence electrons. The van der Waals surface area contributed by atoms with Crippen molar-refractivity contribution in [3.05, 3.63) is 82.4 Å². The van der Waals surface area contributed by atoms with E-state index in [-0.39, 0.29) is 18.0 Å². The first-order valence-electron chi connectivity index (χ1n) is 9.08. The summed E-state index contributed by atoms with van der Waals surface area (Å²) < 4.78 is 6.43. The SMILES string of the molecule is COc1ccc(CCNC(=O)Cn2cnc(-c3ccc(C)cc3)cc2=O)cc1. The van der Waals surface area contributed by atoms with Crippen LogP contribution in [0.25, 0.3) is 11.3 Å². The fourth-order valence-electron chi connectivity index (χ4n) is 2.78. The van der Waals surface area contributed by atoms with E-state index in [9.17, 15) is 9.59 Å². The molecule has 0 radical (unpaired) electrons. The van der Waals surface area contributed by atoms with Crippen LogP contribution in [0.4, 0.5) is 0 Å². The molecule has 0 spiro atoms. The van der Waals surface area contributed by atoms with Crippen LogP contribution in [0.3, 0.4) is 0 Å². The number of aryl methyl sites for hydroxylation is 1. The van der Waals surface area contributed by atoms with Gasteiger partial charge in [-0.25, -0.2) is 4.98 Å².